The zero-order valence-electron chi connectivity index (χ0n) is 15.2. The number of nitrogens with two attached hydrogens (primary N) is 1. The summed E-state index contributed by atoms with van der Waals surface area (Å²) >= 11 is 4.91. The molecule has 0 aliphatic rings. The first kappa shape index (κ1) is 20.4. The minimum absolute atomic E-state index is 0.192. The van der Waals surface area contributed by atoms with Crippen molar-refractivity contribution in [3.8, 4) is 5.75 Å². The van der Waals surface area contributed by atoms with Crippen molar-refractivity contribution in [2.45, 2.75) is 26.0 Å². The Morgan fingerprint density at radius 3 is 2.30 bits per heavy atom. The molecule has 2 rings (SSSR count). The number of thiocarbonyl (C=S) groups is 1. The third kappa shape index (κ3) is 6.38. The van der Waals surface area contributed by atoms with Gasteiger partial charge in [-0.25, -0.2) is 4.79 Å². The third-order valence-corrected chi connectivity index (χ3v) is 4.10. The minimum Gasteiger partial charge on any atom is -0.465 e. The highest BCUT2D eigenvalue weighted by molar-refractivity contribution is 7.80. The highest BCUT2D eigenvalue weighted by Crippen LogP contribution is 2.13. The molecule has 0 radical (unpaired) electrons. The standard InChI is InChI=1S/C20H22N2O4S/c1-13-3-10-16(11-4-13)26-19(20(24)25-2)22-17(23)12-7-14-5-8-15(9-6-14)18(21)27/h3-6,8-11,19H,7,12H2,1-2H3,(H2,21,27)(H,22,23). The SMILES string of the molecule is COC(=O)C(NC(=O)CCc1ccc(C(N)=S)cc1)Oc1ccc(C)cc1. The number of benzene rings is 2. The van der Waals surface area contributed by atoms with E-state index in [4.69, 9.17) is 27.4 Å². The molecule has 0 bridgehead atoms. The highest BCUT2D eigenvalue weighted by Gasteiger charge is 2.23. The summed E-state index contributed by atoms with van der Waals surface area (Å²) in [5, 5.41) is 2.55. The summed E-state index contributed by atoms with van der Waals surface area (Å²) in [7, 11) is 1.24. The van der Waals surface area contributed by atoms with Crippen LogP contribution >= 0.6 is 12.2 Å². The molecule has 2 aromatic rings. The summed E-state index contributed by atoms with van der Waals surface area (Å²) in [6.07, 6.45) is -0.513. The predicted octanol–water partition coefficient (Wildman–Crippen LogP) is 2.26. The first-order valence-electron chi connectivity index (χ1n) is 8.38. The molecule has 0 saturated carbocycles. The van der Waals surface area contributed by atoms with Gasteiger partial charge in [0.15, 0.2) is 0 Å². The Hall–Kier alpha value is -2.93. The van der Waals surface area contributed by atoms with Crippen LogP contribution < -0.4 is 15.8 Å². The monoisotopic (exact) mass is 386 g/mol. The van der Waals surface area contributed by atoms with Crippen LogP contribution in [0.3, 0.4) is 0 Å². The summed E-state index contributed by atoms with van der Waals surface area (Å²) in [4.78, 5) is 24.5. The van der Waals surface area contributed by atoms with Crippen molar-refractivity contribution in [2.24, 2.45) is 5.73 Å². The van der Waals surface area contributed by atoms with Gasteiger partial charge in [0, 0.05) is 12.0 Å². The van der Waals surface area contributed by atoms with Crippen molar-refractivity contribution < 1.29 is 19.1 Å². The van der Waals surface area contributed by atoms with Gasteiger partial charge in [-0.2, -0.15) is 0 Å². The number of nitrogens with one attached hydrogen (secondary N) is 1. The molecule has 0 fully saturated rings. The lowest BCUT2D eigenvalue weighted by atomic mass is 10.1. The Morgan fingerprint density at radius 1 is 1.11 bits per heavy atom. The molecule has 1 atom stereocenters. The van der Waals surface area contributed by atoms with Gasteiger partial charge in [-0.1, -0.05) is 54.2 Å². The molecule has 1 amide bonds. The molecule has 0 aliphatic carbocycles. The van der Waals surface area contributed by atoms with Crippen LogP contribution in [-0.2, 0) is 20.7 Å². The molecule has 2 aromatic carbocycles. The molecule has 0 spiro atoms. The van der Waals surface area contributed by atoms with E-state index in [0.717, 1.165) is 16.7 Å². The zero-order valence-corrected chi connectivity index (χ0v) is 16.0. The number of methoxy groups -OCH3 is 1. The van der Waals surface area contributed by atoms with E-state index in [0.29, 0.717) is 17.2 Å². The van der Waals surface area contributed by atoms with Crippen LogP contribution in [0.4, 0.5) is 0 Å². The maximum absolute atomic E-state index is 12.2. The van der Waals surface area contributed by atoms with E-state index in [-0.39, 0.29) is 12.3 Å². The van der Waals surface area contributed by atoms with Crippen molar-refractivity contribution in [3.63, 3.8) is 0 Å². The quantitative estimate of drug-likeness (QED) is 0.411. The van der Waals surface area contributed by atoms with Gasteiger partial charge in [0.05, 0.1) is 7.11 Å². The van der Waals surface area contributed by atoms with E-state index in [1.165, 1.54) is 7.11 Å². The lowest BCUT2D eigenvalue weighted by molar-refractivity contribution is -0.152. The van der Waals surface area contributed by atoms with Gasteiger partial charge in [0.1, 0.15) is 10.7 Å². The molecule has 0 saturated heterocycles. The molecule has 0 heterocycles. The maximum Gasteiger partial charge on any atom is 0.368 e. The van der Waals surface area contributed by atoms with Crippen LogP contribution in [0.5, 0.6) is 5.75 Å². The molecule has 3 N–H and O–H groups in total. The van der Waals surface area contributed by atoms with Gasteiger partial charge < -0.3 is 20.5 Å². The summed E-state index contributed by atoms with van der Waals surface area (Å²) in [6, 6.07) is 14.5. The highest BCUT2D eigenvalue weighted by atomic mass is 32.1. The Morgan fingerprint density at radius 2 is 1.74 bits per heavy atom. The fraction of sp³-hybridized carbons (Fsp3) is 0.250. The maximum atomic E-state index is 12.2. The largest absolute Gasteiger partial charge is 0.465 e. The number of ether oxygens (including phenoxy) is 2. The number of amides is 1. The molecule has 27 heavy (non-hydrogen) atoms. The van der Waals surface area contributed by atoms with Crippen LogP contribution in [0.2, 0.25) is 0 Å². The van der Waals surface area contributed by atoms with Crippen LogP contribution in [0.1, 0.15) is 23.1 Å². The lowest BCUT2D eigenvalue weighted by Crippen LogP contribution is -2.45. The molecular formula is C20H22N2O4S. The van der Waals surface area contributed by atoms with Crippen LogP contribution in [0, 0.1) is 6.92 Å². The number of hydrogen-bond acceptors (Lipinski definition) is 5. The van der Waals surface area contributed by atoms with Crippen molar-refractivity contribution in [2.75, 3.05) is 7.11 Å². The molecule has 1 unspecified atom stereocenters. The summed E-state index contributed by atoms with van der Waals surface area (Å²) in [5.41, 5.74) is 8.35. The topological polar surface area (TPSA) is 90.7 Å². The van der Waals surface area contributed by atoms with E-state index >= 15 is 0 Å². The van der Waals surface area contributed by atoms with Gasteiger partial charge in [0.2, 0.25) is 5.91 Å². The van der Waals surface area contributed by atoms with Gasteiger partial charge in [-0.3, -0.25) is 4.79 Å². The van der Waals surface area contributed by atoms with Gasteiger partial charge in [-0.05, 0) is 31.0 Å². The number of rotatable bonds is 8. The lowest BCUT2D eigenvalue weighted by Gasteiger charge is -2.18. The van der Waals surface area contributed by atoms with E-state index in [2.05, 4.69) is 5.32 Å². The Labute approximate surface area is 163 Å². The van der Waals surface area contributed by atoms with Gasteiger partial charge in [-0.15, -0.1) is 0 Å². The number of aryl methyl sites for hydroxylation is 2. The van der Waals surface area contributed by atoms with Crippen LogP contribution in [0.25, 0.3) is 0 Å². The van der Waals surface area contributed by atoms with Crippen molar-refractivity contribution in [3.05, 3.63) is 65.2 Å². The average molecular weight is 386 g/mol. The molecule has 6 nitrogen and oxygen atoms in total. The second-order valence-electron chi connectivity index (χ2n) is 5.96. The van der Waals surface area contributed by atoms with E-state index in [9.17, 15) is 9.59 Å². The first-order chi connectivity index (χ1) is 12.9. The van der Waals surface area contributed by atoms with Crippen LogP contribution in [-0.4, -0.2) is 30.2 Å². The predicted molar refractivity (Wildman–Crippen MR) is 106 cm³/mol. The summed E-state index contributed by atoms with van der Waals surface area (Å²) < 4.78 is 10.3. The van der Waals surface area contributed by atoms with Crippen LogP contribution in [0.15, 0.2) is 48.5 Å². The zero-order chi connectivity index (χ0) is 19.8. The molecule has 7 heteroatoms. The Kier molecular flexibility index (Phi) is 7.31. The number of carbonyl (C=O) groups is 2. The van der Waals surface area contributed by atoms with Gasteiger partial charge >= 0.3 is 5.97 Å². The second-order valence-corrected chi connectivity index (χ2v) is 6.40. The molecular weight excluding hydrogens is 364 g/mol. The van der Waals surface area contributed by atoms with Gasteiger partial charge in [0.25, 0.3) is 6.23 Å². The second kappa shape index (κ2) is 9.68. The Balaban J connectivity index is 1.93. The van der Waals surface area contributed by atoms with Crippen molar-refractivity contribution in [1.82, 2.24) is 5.32 Å². The van der Waals surface area contributed by atoms with E-state index < -0.39 is 12.2 Å². The minimum atomic E-state index is -1.21. The molecule has 0 aliphatic heterocycles. The fourth-order valence-electron chi connectivity index (χ4n) is 2.31. The van der Waals surface area contributed by atoms with Crippen molar-refractivity contribution in [1.29, 1.82) is 0 Å². The summed E-state index contributed by atoms with van der Waals surface area (Å²) in [6.45, 7) is 1.94. The van der Waals surface area contributed by atoms with Crippen molar-refractivity contribution >= 4 is 29.1 Å². The average Bonchev–Trinajstić information content (AvgIpc) is 2.67. The van der Waals surface area contributed by atoms with E-state index in [1.807, 2.05) is 43.3 Å². The first-order valence-corrected chi connectivity index (χ1v) is 8.79. The third-order valence-electron chi connectivity index (χ3n) is 3.86. The fourth-order valence-corrected chi connectivity index (χ4v) is 2.44. The normalized spacial score (nSPS) is 11.3. The summed E-state index contributed by atoms with van der Waals surface area (Å²) in [5.74, 6) is -0.537. The van der Waals surface area contributed by atoms with E-state index in [1.54, 1.807) is 12.1 Å². The number of hydrogen-bond donors (Lipinski definition) is 2. The molecule has 0 aromatic heterocycles. The molecule has 142 valence electrons. The number of esters is 1. The number of carbonyl (C=O) groups excluding carboxylic acids is 2. The smallest absolute Gasteiger partial charge is 0.368 e. The Bertz CT molecular complexity index is 804.